The van der Waals surface area contributed by atoms with E-state index in [1.807, 2.05) is 0 Å². The third-order valence-electron chi connectivity index (χ3n) is 3.16. The molecule has 2 atom stereocenters. The van der Waals surface area contributed by atoms with Gasteiger partial charge in [0.15, 0.2) is 0 Å². The molecule has 14 heavy (non-hydrogen) atoms. The van der Waals surface area contributed by atoms with E-state index >= 15 is 0 Å². The van der Waals surface area contributed by atoms with Crippen LogP contribution in [0.25, 0.3) is 0 Å². The lowest BCUT2D eigenvalue weighted by atomic mass is 10.00. The monoisotopic (exact) mass is 190 g/mol. The third-order valence-corrected chi connectivity index (χ3v) is 3.16. The van der Waals surface area contributed by atoms with Crippen molar-refractivity contribution in [3.8, 4) is 0 Å². The fourth-order valence-electron chi connectivity index (χ4n) is 2.44. The first-order valence-electron chi connectivity index (χ1n) is 5.72. The van der Waals surface area contributed by atoms with Gasteiger partial charge in [-0.3, -0.25) is 0 Å². The minimum atomic E-state index is 0.919. The standard InChI is InChI=1S/C13H19N/c1-12-6-5-9-14(10-12)11-13-7-3-2-4-8-13/h2-4,7-8,12H,5-6,9-11H2,1H3/p+1/t12-/m1/s1. The molecule has 1 fully saturated rings. The zero-order valence-corrected chi connectivity index (χ0v) is 9.00. The van der Waals surface area contributed by atoms with Gasteiger partial charge in [-0.15, -0.1) is 0 Å². The maximum absolute atomic E-state index is 2.38. The first-order valence-corrected chi connectivity index (χ1v) is 5.72. The van der Waals surface area contributed by atoms with Gasteiger partial charge in [0.1, 0.15) is 6.54 Å². The Kier molecular flexibility index (Phi) is 3.20. The molecule has 1 unspecified atom stereocenters. The maximum Gasteiger partial charge on any atom is 0.103 e. The number of quaternary nitrogens is 1. The molecule has 1 heterocycles. The quantitative estimate of drug-likeness (QED) is 0.721. The molecule has 1 N–H and O–H groups in total. The first-order chi connectivity index (χ1) is 6.84. The Labute approximate surface area is 86.7 Å². The Morgan fingerprint density at radius 3 is 2.79 bits per heavy atom. The summed E-state index contributed by atoms with van der Waals surface area (Å²) < 4.78 is 0. The Morgan fingerprint density at radius 2 is 2.07 bits per heavy atom. The summed E-state index contributed by atoms with van der Waals surface area (Å²) in [4.78, 5) is 1.76. The molecule has 0 spiro atoms. The molecule has 0 amide bonds. The molecule has 76 valence electrons. The van der Waals surface area contributed by atoms with Gasteiger partial charge in [0.25, 0.3) is 0 Å². The van der Waals surface area contributed by atoms with E-state index < -0.39 is 0 Å². The summed E-state index contributed by atoms with van der Waals surface area (Å²) in [5.41, 5.74) is 1.48. The Morgan fingerprint density at radius 1 is 1.29 bits per heavy atom. The Balaban J connectivity index is 1.91. The highest BCUT2D eigenvalue weighted by atomic mass is 15.1. The zero-order valence-electron chi connectivity index (χ0n) is 9.00. The van der Waals surface area contributed by atoms with Gasteiger partial charge < -0.3 is 4.90 Å². The maximum atomic E-state index is 2.38. The molecule has 1 aliphatic rings. The number of likely N-dealkylation sites (tertiary alicyclic amines) is 1. The van der Waals surface area contributed by atoms with Gasteiger partial charge in [0, 0.05) is 11.5 Å². The summed E-state index contributed by atoms with van der Waals surface area (Å²) in [6, 6.07) is 10.9. The van der Waals surface area contributed by atoms with E-state index in [4.69, 9.17) is 0 Å². The SMILES string of the molecule is C[C@@H]1CCC[NH+](Cc2ccccc2)C1. The minimum absolute atomic E-state index is 0.919. The van der Waals surface area contributed by atoms with Crippen molar-refractivity contribution in [3.05, 3.63) is 35.9 Å². The Bertz CT molecular complexity index is 268. The molecule has 1 saturated heterocycles. The Hall–Kier alpha value is -0.820. The van der Waals surface area contributed by atoms with Crippen LogP contribution in [0, 0.1) is 5.92 Å². The average Bonchev–Trinajstić information content (AvgIpc) is 2.19. The molecule has 1 nitrogen and oxygen atoms in total. The smallest absolute Gasteiger partial charge is 0.103 e. The molecule has 1 aliphatic heterocycles. The number of piperidine rings is 1. The van der Waals surface area contributed by atoms with E-state index in [1.54, 1.807) is 4.90 Å². The van der Waals surface area contributed by atoms with E-state index in [9.17, 15) is 0 Å². The lowest BCUT2D eigenvalue weighted by Gasteiger charge is -2.27. The van der Waals surface area contributed by atoms with Crippen molar-refractivity contribution in [1.82, 2.24) is 0 Å². The van der Waals surface area contributed by atoms with Crippen molar-refractivity contribution in [2.24, 2.45) is 5.92 Å². The molecule has 0 bridgehead atoms. The van der Waals surface area contributed by atoms with Crippen LogP contribution in [0.4, 0.5) is 0 Å². The highest BCUT2D eigenvalue weighted by Crippen LogP contribution is 2.05. The summed E-state index contributed by atoms with van der Waals surface area (Å²) in [7, 11) is 0. The van der Waals surface area contributed by atoms with E-state index in [0.29, 0.717) is 0 Å². The second kappa shape index (κ2) is 4.61. The highest BCUT2D eigenvalue weighted by molar-refractivity contribution is 5.13. The van der Waals surface area contributed by atoms with Crippen LogP contribution in [0.5, 0.6) is 0 Å². The van der Waals surface area contributed by atoms with Gasteiger partial charge in [-0.2, -0.15) is 0 Å². The van der Waals surface area contributed by atoms with Gasteiger partial charge in [0.05, 0.1) is 13.1 Å². The number of hydrogen-bond acceptors (Lipinski definition) is 0. The fraction of sp³-hybridized carbons (Fsp3) is 0.538. The summed E-state index contributed by atoms with van der Waals surface area (Å²) in [6.45, 7) is 6.31. The summed E-state index contributed by atoms with van der Waals surface area (Å²) in [5, 5.41) is 0. The molecule has 0 saturated carbocycles. The largest absolute Gasteiger partial charge is 0.331 e. The van der Waals surface area contributed by atoms with Crippen LogP contribution in [-0.4, -0.2) is 13.1 Å². The van der Waals surface area contributed by atoms with E-state index in [-0.39, 0.29) is 0 Å². The van der Waals surface area contributed by atoms with Gasteiger partial charge in [-0.25, -0.2) is 0 Å². The van der Waals surface area contributed by atoms with Crippen LogP contribution in [0.2, 0.25) is 0 Å². The van der Waals surface area contributed by atoms with Gasteiger partial charge >= 0.3 is 0 Å². The topological polar surface area (TPSA) is 4.44 Å². The number of benzene rings is 1. The second-order valence-corrected chi connectivity index (χ2v) is 4.61. The van der Waals surface area contributed by atoms with Crippen molar-refractivity contribution in [2.45, 2.75) is 26.3 Å². The molecular formula is C13H20N+. The fourth-order valence-corrected chi connectivity index (χ4v) is 2.44. The van der Waals surface area contributed by atoms with Crippen molar-refractivity contribution >= 4 is 0 Å². The van der Waals surface area contributed by atoms with Crippen LogP contribution >= 0.6 is 0 Å². The predicted octanol–water partition coefficient (Wildman–Crippen LogP) is 1.50. The van der Waals surface area contributed by atoms with Crippen LogP contribution in [-0.2, 0) is 6.54 Å². The molecule has 0 radical (unpaired) electrons. The normalized spacial score (nSPS) is 27.5. The average molecular weight is 190 g/mol. The second-order valence-electron chi connectivity index (χ2n) is 4.61. The van der Waals surface area contributed by atoms with E-state index in [2.05, 4.69) is 37.3 Å². The third kappa shape index (κ3) is 2.58. The molecule has 1 heteroatoms. The predicted molar refractivity (Wildman–Crippen MR) is 59.2 cm³/mol. The van der Waals surface area contributed by atoms with E-state index in [0.717, 1.165) is 5.92 Å². The molecular weight excluding hydrogens is 170 g/mol. The molecule has 0 aromatic heterocycles. The van der Waals surface area contributed by atoms with Crippen molar-refractivity contribution in [3.63, 3.8) is 0 Å². The van der Waals surface area contributed by atoms with Crippen molar-refractivity contribution < 1.29 is 4.90 Å². The van der Waals surface area contributed by atoms with Crippen molar-refractivity contribution in [2.75, 3.05) is 13.1 Å². The van der Waals surface area contributed by atoms with Gasteiger partial charge in [-0.05, 0) is 12.8 Å². The van der Waals surface area contributed by atoms with Crippen LogP contribution in [0.1, 0.15) is 25.3 Å². The summed E-state index contributed by atoms with van der Waals surface area (Å²) in [5.74, 6) is 0.919. The number of rotatable bonds is 2. The lowest BCUT2D eigenvalue weighted by molar-refractivity contribution is -0.922. The lowest BCUT2D eigenvalue weighted by Crippen LogP contribution is -3.12. The first kappa shape index (κ1) is 9.72. The highest BCUT2D eigenvalue weighted by Gasteiger charge is 2.19. The molecule has 0 aliphatic carbocycles. The number of hydrogen-bond donors (Lipinski definition) is 1. The summed E-state index contributed by atoms with van der Waals surface area (Å²) in [6.07, 6.45) is 2.83. The van der Waals surface area contributed by atoms with Crippen molar-refractivity contribution in [1.29, 1.82) is 0 Å². The number of nitrogens with one attached hydrogen (secondary N) is 1. The van der Waals surface area contributed by atoms with Gasteiger partial charge in [-0.1, -0.05) is 37.3 Å². The summed E-state index contributed by atoms with van der Waals surface area (Å²) >= 11 is 0. The van der Waals surface area contributed by atoms with Crippen LogP contribution < -0.4 is 4.90 Å². The van der Waals surface area contributed by atoms with Crippen LogP contribution in [0.15, 0.2) is 30.3 Å². The van der Waals surface area contributed by atoms with Gasteiger partial charge in [0.2, 0.25) is 0 Å². The molecule has 1 aromatic carbocycles. The van der Waals surface area contributed by atoms with Crippen LogP contribution in [0.3, 0.4) is 0 Å². The minimum Gasteiger partial charge on any atom is -0.331 e. The molecule has 2 rings (SSSR count). The zero-order chi connectivity index (χ0) is 9.80. The molecule has 1 aromatic rings. The van der Waals surface area contributed by atoms with E-state index in [1.165, 1.54) is 38.0 Å².